The van der Waals surface area contributed by atoms with Gasteiger partial charge in [-0.1, -0.05) is 176 Å². The number of fused-ring (bicyclic) bond motifs is 6. The van der Waals surface area contributed by atoms with Crippen molar-refractivity contribution < 1.29 is 4.42 Å². The van der Waals surface area contributed by atoms with E-state index in [-0.39, 0.29) is 0 Å². The molecule has 0 aliphatic heterocycles. The SMILES string of the molecule is c1ccc(-c2ccc(N(c3ccc(-c4ccc(-c5cccc6ccccc56)cc4)cc3)c3ccccc3-c3ccc4c(ccc5oc6ccccc6c54)c3)cc2)cc1. The zero-order chi connectivity index (χ0) is 38.4. The van der Waals surface area contributed by atoms with E-state index in [1.807, 2.05) is 12.1 Å². The third-order valence-electron chi connectivity index (χ3n) is 11.5. The minimum absolute atomic E-state index is 0.913. The van der Waals surface area contributed by atoms with Crippen molar-refractivity contribution in [3.63, 3.8) is 0 Å². The Hall–Kier alpha value is -7.68. The van der Waals surface area contributed by atoms with Crippen LogP contribution in [0.1, 0.15) is 0 Å². The molecule has 10 aromatic carbocycles. The second-order valence-corrected chi connectivity index (χ2v) is 14.9. The highest BCUT2D eigenvalue weighted by molar-refractivity contribution is 6.19. The Morgan fingerprint density at radius 1 is 0.293 bits per heavy atom. The van der Waals surface area contributed by atoms with E-state index >= 15 is 0 Å². The van der Waals surface area contributed by atoms with Gasteiger partial charge in [-0.25, -0.2) is 0 Å². The molecule has 0 bridgehead atoms. The van der Waals surface area contributed by atoms with E-state index in [9.17, 15) is 0 Å². The molecule has 0 spiro atoms. The molecular formula is C56H37NO. The van der Waals surface area contributed by atoms with E-state index < -0.39 is 0 Å². The summed E-state index contributed by atoms with van der Waals surface area (Å²) in [5.41, 5.74) is 14.6. The van der Waals surface area contributed by atoms with Crippen LogP contribution in [0.25, 0.3) is 88.0 Å². The molecule has 11 rings (SSSR count). The minimum atomic E-state index is 0.913. The van der Waals surface area contributed by atoms with Crippen molar-refractivity contribution in [1.29, 1.82) is 0 Å². The molecule has 0 unspecified atom stereocenters. The lowest BCUT2D eigenvalue weighted by molar-refractivity contribution is 0.669. The molecular weight excluding hydrogens is 703 g/mol. The van der Waals surface area contributed by atoms with Crippen molar-refractivity contribution in [2.24, 2.45) is 0 Å². The fourth-order valence-electron chi connectivity index (χ4n) is 8.62. The molecule has 0 aliphatic carbocycles. The number of furan rings is 1. The van der Waals surface area contributed by atoms with Crippen molar-refractivity contribution in [3.8, 4) is 44.5 Å². The maximum absolute atomic E-state index is 6.23. The van der Waals surface area contributed by atoms with Crippen LogP contribution in [-0.2, 0) is 0 Å². The lowest BCUT2D eigenvalue weighted by atomic mass is 9.96. The summed E-state index contributed by atoms with van der Waals surface area (Å²) < 4.78 is 6.23. The number of para-hydroxylation sites is 2. The summed E-state index contributed by atoms with van der Waals surface area (Å²) in [6, 6.07) is 80.7. The number of rotatable bonds is 7. The third-order valence-corrected chi connectivity index (χ3v) is 11.5. The summed E-state index contributed by atoms with van der Waals surface area (Å²) in [6.45, 7) is 0. The Morgan fingerprint density at radius 2 is 0.845 bits per heavy atom. The first-order valence-corrected chi connectivity index (χ1v) is 19.8. The molecule has 0 radical (unpaired) electrons. The highest BCUT2D eigenvalue weighted by Gasteiger charge is 2.19. The number of benzene rings is 10. The predicted molar refractivity (Wildman–Crippen MR) is 245 cm³/mol. The second kappa shape index (κ2) is 14.1. The smallest absolute Gasteiger partial charge is 0.136 e. The average Bonchev–Trinajstić information content (AvgIpc) is 3.69. The fraction of sp³-hybridized carbons (Fsp3) is 0. The van der Waals surface area contributed by atoms with E-state index in [1.165, 1.54) is 54.9 Å². The van der Waals surface area contributed by atoms with Gasteiger partial charge in [0.05, 0.1) is 5.69 Å². The molecule has 1 heterocycles. The molecule has 2 nitrogen and oxygen atoms in total. The Morgan fingerprint density at radius 3 is 1.60 bits per heavy atom. The van der Waals surface area contributed by atoms with E-state index in [4.69, 9.17) is 4.42 Å². The molecule has 0 fully saturated rings. The zero-order valence-corrected chi connectivity index (χ0v) is 31.7. The fourth-order valence-corrected chi connectivity index (χ4v) is 8.62. The van der Waals surface area contributed by atoms with Crippen molar-refractivity contribution in [3.05, 3.63) is 224 Å². The Labute approximate surface area is 337 Å². The summed E-state index contributed by atoms with van der Waals surface area (Å²) in [5.74, 6) is 0. The largest absolute Gasteiger partial charge is 0.456 e. The summed E-state index contributed by atoms with van der Waals surface area (Å²) in [6.07, 6.45) is 0. The second-order valence-electron chi connectivity index (χ2n) is 14.9. The van der Waals surface area contributed by atoms with Crippen molar-refractivity contribution >= 4 is 60.5 Å². The van der Waals surface area contributed by atoms with Gasteiger partial charge in [-0.05, 0) is 109 Å². The zero-order valence-electron chi connectivity index (χ0n) is 31.7. The van der Waals surface area contributed by atoms with Gasteiger partial charge in [0, 0.05) is 27.7 Å². The van der Waals surface area contributed by atoms with Gasteiger partial charge in [-0.3, -0.25) is 0 Å². The lowest BCUT2D eigenvalue weighted by Crippen LogP contribution is -2.11. The molecule has 1 aromatic heterocycles. The van der Waals surface area contributed by atoms with E-state index in [1.54, 1.807) is 0 Å². The summed E-state index contributed by atoms with van der Waals surface area (Å²) >= 11 is 0. The van der Waals surface area contributed by atoms with Gasteiger partial charge < -0.3 is 9.32 Å². The minimum Gasteiger partial charge on any atom is -0.456 e. The molecule has 0 atom stereocenters. The average molecular weight is 740 g/mol. The monoisotopic (exact) mass is 739 g/mol. The van der Waals surface area contributed by atoms with Gasteiger partial charge in [-0.2, -0.15) is 0 Å². The molecule has 0 saturated carbocycles. The Balaban J connectivity index is 0.993. The van der Waals surface area contributed by atoms with Crippen LogP contribution < -0.4 is 4.90 Å². The van der Waals surface area contributed by atoms with Crippen molar-refractivity contribution in [1.82, 2.24) is 0 Å². The molecule has 11 aromatic rings. The summed E-state index contributed by atoms with van der Waals surface area (Å²) in [7, 11) is 0. The van der Waals surface area contributed by atoms with Crippen LogP contribution in [0.5, 0.6) is 0 Å². The van der Waals surface area contributed by atoms with E-state index in [0.29, 0.717) is 0 Å². The highest BCUT2D eigenvalue weighted by atomic mass is 16.3. The Bertz CT molecular complexity index is 3250. The van der Waals surface area contributed by atoms with Gasteiger partial charge in [-0.15, -0.1) is 0 Å². The van der Waals surface area contributed by atoms with Crippen LogP contribution in [0, 0.1) is 0 Å². The van der Waals surface area contributed by atoms with Gasteiger partial charge in [0.2, 0.25) is 0 Å². The van der Waals surface area contributed by atoms with Gasteiger partial charge >= 0.3 is 0 Å². The third kappa shape index (κ3) is 5.91. The number of nitrogens with zero attached hydrogens (tertiary/aromatic N) is 1. The van der Waals surface area contributed by atoms with Crippen LogP contribution in [0.2, 0.25) is 0 Å². The van der Waals surface area contributed by atoms with E-state index in [0.717, 1.165) is 50.1 Å². The van der Waals surface area contributed by atoms with Crippen LogP contribution in [0.15, 0.2) is 229 Å². The standard InChI is InChI=1S/C56H37NO/c1-2-11-38(12-3-1)40-25-31-46(32-26-40)57(47-33-27-41(28-34-47)39-21-23-43(24-22-39)49-18-10-14-42-13-4-5-15-48(42)49)53-19-8-6-16-50(53)44-29-35-51-45(37-44)30-36-55-56(51)52-17-7-9-20-54(52)58-55/h1-37H. The van der Waals surface area contributed by atoms with Crippen LogP contribution in [-0.4, -0.2) is 0 Å². The van der Waals surface area contributed by atoms with Crippen LogP contribution in [0.4, 0.5) is 17.1 Å². The molecule has 58 heavy (non-hydrogen) atoms. The molecule has 272 valence electrons. The van der Waals surface area contributed by atoms with Crippen LogP contribution >= 0.6 is 0 Å². The molecule has 0 saturated heterocycles. The van der Waals surface area contributed by atoms with Crippen molar-refractivity contribution in [2.45, 2.75) is 0 Å². The highest BCUT2D eigenvalue weighted by Crippen LogP contribution is 2.43. The number of hydrogen-bond acceptors (Lipinski definition) is 2. The summed E-state index contributed by atoms with van der Waals surface area (Å²) in [4.78, 5) is 2.38. The number of hydrogen-bond donors (Lipinski definition) is 0. The molecule has 0 N–H and O–H groups in total. The number of anilines is 3. The van der Waals surface area contributed by atoms with Crippen LogP contribution in [0.3, 0.4) is 0 Å². The van der Waals surface area contributed by atoms with E-state index in [2.05, 4.69) is 217 Å². The Kier molecular flexibility index (Phi) is 8.19. The van der Waals surface area contributed by atoms with Gasteiger partial charge in [0.25, 0.3) is 0 Å². The maximum atomic E-state index is 6.23. The maximum Gasteiger partial charge on any atom is 0.136 e. The topological polar surface area (TPSA) is 16.4 Å². The predicted octanol–water partition coefficient (Wildman–Crippen LogP) is 16.0. The van der Waals surface area contributed by atoms with Gasteiger partial charge in [0.1, 0.15) is 11.2 Å². The summed E-state index contributed by atoms with van der Waals surface area (Å²) in [5, 5.41) is 7.21. The quantitative estimate of drug-likeness (QED) is 0.162. The first kappa shape index (κ1) is 33.6. The first-order chi connectivity index (χ1) is 28.7. The molecule has 2 heteroatoms. The normalized spacial score (nSPS) is 11.4. The lowest BCUT2D eigenvalue weighted by Gasteiger charge is -2.28. The van der Waals surface area contributed by atoms with Gasteiger partial charge in [0.15, 0.2) is 0 Å². The molecule has 0 aliphatic rings. The first-order valence-electron chi connectivity index (χ1n) is 19.8. The van der Waals surface area contributed by atoms with Crippen molar-refractivity contribution in [2.75, 3.05) is 4.90 Å². The molecule has 0 amide bonds.